The molecule has 2 N–H and O–H groups in total. The lowest BCUT2D eigenvalue weighted by molar-refractivity contribution is -0.146. The highest BCUT2D eigenvalue weighted by Gasteiger charge is 2.32. The van der Waals surface area contributed by atoms with Crippen LogP contribution in [0, 0.1) is 3.57 Å². The Morgan fingerprint density at radius 1 is 1.16 bits per heavy atom. The van der Waals surface area contributed by atoms with Gasteiger partial charge in [-0.1, -0.05) is 0 Å². The van der Waals surface area contributed by atoms with Gasteiger partial charge in [-0.15, -0.1) is 0 Å². The maximum absolute atomic E-state index is 12.3. The molecule has 0 aliphatic carbocycles. The predicted octanol–water partition coefficient (Wildman–Crippen LogP) is 2.56. The number of hydrogen-bond donors (Lipinski definition) is 1. The van der Waals surface area contributed by atoms with Crippen molar-refractivity contribution in [3.63, 3.8) is 0 Å². The van der Waals surface area contributed by atoms with E-state index in [1.165, 1.54) is 4.90 Å². The van der Waals surface area contributed by atoms with Crippen molar-refractivity contribution in [1.82, 2.24) is 4.90 Å². The molecule has 1 fully saturated rings. The lowest BCUT2D eigenvalue weighted by Gasteiger charge is -2.36. The molecule has 1 aliphatic rings. The molecule has 7 heteroatoms. The molecule has 0 unspecified atom stereocenters. The molecule has 3 nitrogen and oxygen atoms in total. The summed E-state index contributed by atoms with van der Waals surface area (Å²) in [7, 11) is 0. The molecule has 1 saturated heterocycles. The molecule has 1 heterocycles. The Hall–Kier alpha value is -0.700. The van der Waals surface area contributed by atoms with E-state index >= 15 is 0 Å². The van der Waals surface area contributed by atoms with Crippen LogP contribution in [0.25, 0.3) is 0 Å². The molecule has 19 heavy (non-hydrogen) atoms. The highest BCUT2D eigenvalue weighted by molar-refractivity contribution is 14.1. The van der Waals surface area contributed by atoms with E-state index in [4.69, 9.17) is 5.73 Å². The van der Waals surface area contributed by atoms with E-state index < -0.39 is 12.7 Å². The normalized spacial score (nSPS) is 17.8. The van der Waals surface area contributed by atoms with E-state index in [1.54, 1.807) is 0 Å². The van der Waals surface area contributed by atoms with Crippen molar-refractivity contribution < 1.29 is 13.2 Å². The third kappa shape index (κ3) is 4.13. The third-order valence-corrected chi connectivity index (χ3v) is 3.78. The molecule has 0 atom stereocenters. The van der Waals surface area contributed by atoms with Crippen molar-refractivity contribution in [3.05, 3.63) is 21.8 Å². The quantitative estimate of drug-likeness (QED) is 0.628. The first kappa shape index (κ1) is 14.7. The first-order valence-corrected chi connectivity index (χ1v) is 7.02. The van der Waals surface area contributed by atoms with Gasteiger partial charge in [0.2, 0.25) is 0 Å². The van der Waals surface area contributed by atoms with Crippen LogP contribution in [0.1, 0.15) is 0 Å². The fourth-order valence-electron chi connectivity index (χ4n) is 2.21. The summed E-state index contributed by atoms with van der Waals surface area (Å²) in [6, 6.07) is 5.75. The lowest BCUT2D eigenvalue weighted by Crippen LogP contribution is -2.49. The van der Waals surface area contributed by atoms with E-state index in [0.717, 1.165) is 9.26 Å². The summed E-state index contributed by atoms with van der Waals surface area (Å²) in [5.41, 5.74) is 7.53. The van der Waals surface area contributed by atoms with E-state index in [-0.39, 0.29) is 0 Å². The van der Waals surface area contributed by atoms with Gasteiger partial charge in [-0.25, -0.2) is 0 Å². The lowest BCUT2D eigenvalue weighted by atomic mass is 10.2. The summed E-state index contributed by atoms with van der Waals surface area (Å²) in [5, 5.41) is 0. The van der Waals surface area contributed by atoms with Gasteiger partial charge >= 0.3 is 6.18 Å². The van der Waals surface area contributed by atoms with Crippen LogP contribution in [0.3, 0.4) is 0 Å². The van der Waals surface area contributed by atoms with Crippen LogP contribution in [0.15, 0.2) is 18.2 Å². The average Bonchev–Trinajstić information content (AvgIpc) is 2.28. The van der Waals surface area contributed by atoms with Gasteiger partial charge in [0.15, 0.2) is 0 Å². The van der Waals surface area contributed by atoms with E-state index in [0.29, 0.717) is 31.9 Å². The maximum Gasteiger partial charge on any atom is 0.401 e. The van der Waals surface area contributed by atoms with Crippen LogP contribution in [0.5, 0.6) is 0 Å². The number of piperazine rings is 1. The zero-order chi connectivity index (χ0) is 14.0. The Morgan fingerprint density at radius 3 is 2.32 bits per heavy atom. The number of benzene rings is 1. The zero-order valence-electron chi connectivity index (χ0n) is 10.3. The first-order valence-electron chi connectivity index (χ1n) is 5.94. The zero-order valence-corrected chi connectivity index (χ0v) is 12.4. The maximum atomic E-state index is 12.3. The molecular weight excluding hydrogens is 370 g/mol. The van der Waals surface area contributed by atoms with Crippen molar-refractivity contribution in [2.75, 3.05) is 43.4 Å². The van der Waals surface area contributed by atoms with Crippen LogP contribution >= 0.6 is 22.6 Å². The topological polar surface area (TPSA) is 32.5 Å². The predicted molar refractivity (Wildman–Crippen MR) is 78.3 cm³/mol. The molecule has 1 aliphatic heterocycles. The molecular formula is C12H15F3IN3. The fraction of sp³-hybridized carbons (Fsp3) is 0.500. The van der Waals surface area contributed by atoms with E-state index in [1.807, 2.05) is 23.1 Å². The summed E-state index contributed by atoms with van der Waals surface area (Å²) in [4.78, 5) is 3.47. The molecule has 0 amide bonds. The fourth-order valence-corrected chi connectivity index (χ4v) is 2.73. The second kappa shape index (κ2) is 5.74. The van der Waals surface area contributed by atoms with Gasteiger partial charge in [-0.2, -0.15) is 13.2 Å². The molecule has 0 radical (unpaired) electrons. The summed E-state index contributed by atoms with van der Waals surface area (Å²) >= 11 is 2.18. The van der Waals surface area contributed by atoms with Crippen LogP contribution in [0.2, 0.25) is 0 Å². The summed E-state index contributed by atoms with van der Waals surface area (Å²) in [6.07, 6.45) is -4.12. The molecule has 0 spiro atoms. The largest absolute Gasteiger partial charge is 0.401 e. The monoisotopic (exact) mass is 385 g/mol. The van der Waals surface area contributed by atoms with Gasteiger partial charge < -0.3 is 10.6 Å². The van der Waals surface area contributed by atoms with Crippen molar-refractivity contribution in [3.8, 4) is 0 Å². The van der Waals surface area contributed by atoms with Crippen LogP contribution < -0.4 is 10.6 Å². The van der Waals surface area contributed by atoms with Gasteiger partial charge in [0.25, 0.3) is 0 Å². The van der Waals surface area contributed by atoms with Gasteiger partial charge in [0.1, 0.15) is 0 Å². The van der Waals surface area contributed by atoms with Crippen molar-refractivity contribution >= 4 is 34.0 Å². The number of alkyl halides is 3. The third-order valence-electron chi connectivity index (χ3n) is 3.11. The molecule has 106 valence electrons. The second-order valence-electron chi connectivity index (χ2n) is 4.58. The van der Waals surface area contributed by atoms with Gasteiger partial charge in [0.05, 0.1) is 17.9 Å². The number of nitrogens with two attached hydrogens (primary N) is 1. The summed E-state index contributed by atoms with van der Waals surface area (Å²) < 4.78 is 37.9. The van der Waals surface area contributed by atoms with Crippen LogP contribution in [0.4, 0.5) is 24.5 Å². The minimum Gasteiger partial charge on any atom is -0.397 e. The Balaban J connectivity index is 1.96. The SMILES string of the molecule is Nc1cc(I)ccc1N1CCN(CC(F)(F)F)CC1. The molecule has 0 saturated carbocycles. The standard InChI is InChI=1S/C12H15F3IN3/c13-12(14,15)8-18-3-5-19(6-4-18)11-2-1-9(16)7-10(11)17/h1-2,7H,3-6,8,17H2. The Labute approximate surface area is 123 Å². The van der Waals surface area contributed by atoms with Gasteiger partial charge in [-0.05, 0) is 40.8 Å². The van der Waals surface area contributed by atoms with Crippen molar-refractivity contribution in [2.24, 2.45) is 0 Å². The highest BCUT2D eigenvalue weighted by Crippen LogP contribution is 2.26. The van der Waals surface area contributed by atoms with Gasteiger partial charge in [-0.3, -0.25) is 4.90 Å². The summed E-state index contributed by atoms with van der Waals surface area (Å²) in [5.74, 6) is 0. The smallest absolute Gasteiger partial charge is 0.397 e. The average molecular weight is 385 g/mol. The summed E-state index contributed by atoms with van der Waals surface area (Å²) in [6.45, 7) is 1.13. The Bertz CT molecular complexity index is 442. The minimum atomic E-state index is -4.12. The van der Waals surface area contributed by atoms with Crippen LogP contribution in [-0.4, -0.2) is 43.8 Å². The number of hydrogen-bond acceptors (Lipinski definition) is 3. The first-order chi connectivity index (χ1) is 8.85. The van der Waals surface area contributed by atoms with Gasteiger partial charge in [0, 0.05) is 29.7 Å². The van der Waals surface area contributed by atoms with Crippen LogP contribution in [-0.2, 0) is 0 Å². The van der Waals surface area contributed by atoms with Crippen molar-refractivity contribution in [1.29, 1.82) is 0 Å². The second-order valence-corrected chi connectivity index (χ2v) is 5.83. The number of rotatable bonds is 2. The van der Waals surface area contributed by atoms with E-state index in [2.05, 4.69) is 22.6 Å². The van der Waals surface area contributed by atoms with E-state index in [9.17, 15) is 13.2 Å². The molecule has 0 bridgehead atoms. The molecule has 1 aromatic carbocycles. The molecule has 2 rings (SSSR count). The minimum absolute atomic E-state index is 0.408. The number of anilines is 2. The number of halogens is 4. The molecule has 1 aromatic rings. The molecule has 0 aromatic heterocycles. The number of nitrogen functional groups attached to an aromatic ring is 1. The Kier molecular flexibility index (Phi) is 4.44. The number of nitrogens with zero attached hydrogens (tertiary/aromatic N) is 2. The Morgan fingerprint density at radius 2 is 1.79 bits per heavy atom. The van der Waals surface area contributed by atoms with Crippen molar-refractivity contribution in [2.45, 2.75) is 6.18 Å². The highest BCUT2D eigenvalue weighted by atomic mass is 127.